The first-order valence-electron chi connectivity index (χ1n) is 8.12. The number of benzene rings is 1. The van der Waals surface area contributed by atoms with Crippen molar-refractivity contribution in [2.45, 2.75) is 32.1 Å². The summed E-state index contributed by atoms with van der Waals surface area (Å²) in [5.74, 6) is -0.443. The van der Waals surface area contributed by atoms with Gasteiger partial charge in [0.2, 0.25) is 5.91 Å². The van der Waals surface area contributed by atoms with Crippen LogP contribution in [0.25, 0.3) is 0 Å². The van der Waals surface area contributed by atoms with Crippen LogP contribution >= 0.6 is 0 Å². The average Bonchev–Trinajstić information content (AvgIpc) is 2.56. The maximum absolute atomic E-state index is 12.3. The number of allylic oxidation sites excluding steroid dienone is 2. The second-order valence-electron chi connectivity index (χ2n) is 5.55. The van der Waals surface area contributed by atoms with Crippen molar-refractivity contribution in [1.29, 1.82) is 0 Å². The second-order valence-corrected chi connectivity index (χ2v) is 5.55. The number of rotatable bonds is 2. The summed E-state index contributed by atoms with van der Waals surface area (Å²) in [5, 5.41) is 2.96. The van der Waals surface area contributed by atoms with Gasteiger partial charge in [0.05, 0.1) is 6.61 Å². The van der Waals surface area contributed by atoms with Crippen molar-refractivity contribution >= 4 is 11.9 Å². The Labute approximate surface area is 137 Å². The Morgan fingerprint density at radius 3 is 2.61 bits per heavy atom. The van der Waals surface area contributed by atoms with Crippen molar-refractivity contribution in [2.24, 2.45) is 0 Å². The maximum atomic E-state index is 12.3. The number of carbonyl (C=O) groups excluding carboxylic acids is 2. The van der Waals surface area contributed by atoms with Crippen LogP contribution in [0.4, 0.5) is 0 Å². The van der Waals surface area contributed by atoms with Crippen LogP contribution in [0.3, 0.4) is 0 Å². The fourth-order valence-electron chi connectivity index (χ4n) is 2.39. The van der Waals surface area contributed by atoms with Gasteiger partial charge in [0.25, 0.3) is 0 Å². The predicted octanol–water partition coefficient (Wildman–Crippen LogP) is 2.95. The third-order valence-corrected chi connectivity index (χ3v) is 3.66. The highest BCUT2D eigenvalue weighted by molar-refractivity contribution is 5.94. The van der Waals surface area contributed by atoms with E-state index >= 15 is 0 Å². The van der Waals surface area contributed by atoms with Gasteiger partial charge in [-0.3, -0.25) is 4.79 Å². The molecule has 0 radical (unpaired) electrons. The standard InChI is InChI=1S/C19H23NO3/c21-18-12-8-11-17(15-16-9-4-3-5-10-16)19(22)20-13-6-1-2-7-14-23-18/h3-5,8-12H,1-2,6-7,13-15H2,(H,20,22)/b12-8+,17-11-. The van der Waals surface area contributed by atoms with Crippen LogP contribution in [0.2, 0.25) is 0 Å². The van der Waals surface area contributed by atoms with Crippen molar-refractivity contribution in [3.63, 3.8) is 0 Å². The molecule has 1 aliphatic rings. The average molecular weight is 313 g/mol. The third kappa shape index (κ3) is 6.51. The van der Waals surface area contributed by atoms with E-state index in [1.165, 1.54) is 6.08 Å². The Balaban J connectivity index is 2.11. The normalized spacial score (nSPS) is 21.3. The van der Waals surface area contributed by atoms with E-state index in [0.717, 1.165) is 31.2 Å². The molecule has 23 heavy (non-hydrogen) atoms. The minimum atomic E-state index is -0.363. The zero-order valence-electron chi connectivity index (χ0n) is 13.3. The quantitative estimate of drug-likeness (QED) is 0.854. The molecule has 1 amide bonds. The van der Waals surface area contributed by atoms with Gasteiger partial charge >= 0.3 is 5.97 Å². The van der Waals surface area contributed by atoms with Gasteiger partial charge in [-0.05, 0) is 24.8 Å². The number of hydrogen-bond donors (Lipinski definition) is 1. The van der Waals surface area contributed by atoms with E-state index in [9.17, 15) is 9.59 Å². The van der Waals surface area contributed by atoms with Crippen LogP contribution < -0.4 is 5.32 Å². The van der Waals surface area contributed by atoms with Crippen LogP contribution in [0.15, 0.2) is 54.1 Å². The van der Waals surface area contributed by atoms with Crippen LogP contribution in [0.1, 0.15) is 31.2 Å². The molecule has 0 spiro atoms. The summed E-state index contributed by atoms with van der Waals surface area (Å²) in [7, 11) is 0. The molecular formula is C19H23NO3. The summed E-state index contributed by atoms with van der Waals surface area (Å²) >= 11 is 0. The molecule has 4 heteroatoms. The molecule has 1 N–H and O–H groups in total. The van der Waals surface area contributed by atoms with Crippen molar-refractivity contribution in [3.05, 3.63) is 59.7 Å². The molecule has 0 saturated carbocycles. The van der Waals surface area contributed by atoms with Gasteiger partial charge in [0.15, 0.2) is 0 Å². The number of carbonyl (C=O) groups is 2. The monoisotopic (exact) mass is 313 g/mol. The molecule has 0 unspecified atom stereocenters. The van der Waals surface area contributed by atoms with Gasteiger partial charge in [-0.1, -0.05) is 48.9 Å². The smallest absolute Gasteiger partial charge is 0.330 e. The van der Waals surface area contributed by atoms with E-state index in [4.69, 9.17) is 4.74 Å². The summed E-state index contributed by atoms with van der Waals surface area (Å²) in [6.07, 6.45) is 9.00. The summed E-state index contributed by atoms with van der Waals surface area (Å²) < 4.78 is 5.11. The van der Waals surface area contributed by atoms with Gasteiger partial charge < -0.3 is 10.1 Å². The van der Waals surface area contributed by atoms with E-state index in [-0.39, 0.29) is 11.9 Å². The minimum Gasteiger partial charge on any atom is -0.463 e. The van der Waals surface area contributed by atoms with Gasteiger partial charge in [-0.25, -0.2) is 4.79 Å². The van der Waals surface area contributed by atoms with Crippen molar-refractivity contribution in [1.82, 2.24) is 5.32 Å². The molecule has 122 valence electrons. The molecule has 0 bridgehead atoms. The lowest BCUT2D eigenvalue weighted by molar-refractivity contribution is -0.137. The first-order chi connectivity index (χ1) is 11.3. The number of amides is 1. The minimum absolute atomic E-state index is 0.0797. The fourth-order valence-corrected chi connectivity index (χ4v) is 2.39. The topological polar surface area (TPSA) is 55.4 Å². The van der Waals surface area contributed by atoms with E-state index in [1.54, 1.807) is 12.2 Å². The molecule has 1 aliphatic heterocycles. The van der Waals surface area contributed by atoms with Crippen LogP contribution in [-0.2, 0) is 20.7 Å². The van der Waals surface area contributed by atoms with Crippen LogP contribution in [0.5, 0.6) is 0 Å². The van der Waals surface area contributed by atoms with Gasteiger partial charge in [0.1, 0.15) is 0 Å². The molecule has 2 rings (SSSR count). The highest BCUT2D eigenvalue weighted by Crippen LogP contribution is 2.09. The second kappa shape index (κ2) is 9.62. The number of hydrogen-bond acceptors (Lipinski definition) is 3. The Morgan fingerprint density at radius 2 is 1.78 bits per heavy atom. The maximum Gasteiger partial charge on any atom is 0.330 e. The largest absolute Gasteiger partial charge is 0.463 e. The molecule has 0 aliphatic carbocycles. The molecule has 0 saturated heterocycles. The van der Waals surface area contributed by atoms with Gasteiger partial charge in [-0.15, -0.1) is 0 Å². The first kappa shape index (κ1) is 17.0. The number of ether oxygens (including phenoxy) is 1. The van der Waals surface area contributed by atoms with E-state index in [2.05, 4.69) is 5.32 Å². The molecule has 4 nitrogen and oxygen atoms in total. The molecule has 1 aromatic rings. The third-order valence-electron chi connectivity index (χ3n) is 3.66. The molecule has 0 fully saturated rings. The summed E-state index contributed by atoms with van der Waals surface area (Å²) in [6.45, 7) is 1.13. The molecule has 1 aromatic carbocycles. The number of cyclic esters (lactones) is 1. The Hall–Kier alpha value is -2.36. The molecule has 0 atom stereocenters. The Kier molecular flexibility index (Phi) is 7.11. The van der Waals surface area contributed by atoms with E-state index in [1.807, 2.05) is 30.3 Å². The zero-order chi connectivity index (χ0) is 16.3. The van der Waals surface area contributed by atoms with E-state index < -0.39 is 0 Å². The fraction of sp³-hybridized carbons (Fsp3) is 0.368. The summed E-state index contributed by atoms with van der Waals surface area (Å²) in [6, 6.07) is 9.81. The predicted molar refractivity (Wildman–Crippen MR) is 89.8 cm³/mol. The highest BCUT2D eigenvalue weighted by atomic mass is 16.5. The SMILES string of the molecule is O=C1/C=C/C=C(/Cc2ccccc2)C(=O)NCCCCCCO1. The molecule has 0 aromatic heterocycles. The van der Waals surface area contributed by atoms with Gasteiger partial charge in [-0.2, -0.15) is 0 Å². The highest BCUT2D eigenvalue weighted by Gasteiger charge is 2.09. The zero-order valence-corrected chi connectivity index (χ0v) is 13.3. The van der Waals surface area contributed by atoms with Crippen LogP contribution in [0, 0.1) is 0 Å². The summed E-state index contributed by atoms with van der Waals surface area (Å²) in [4.78, 5) is 23.9. The number of nitrogens with one attached hydrogen (secondary N) is 1. The Morgan fingerprint density at radius 1 is 1.00 bits per heavy atom. The van der Waals surface area contributed by atoms with Crippen molar-refractivity contribution in [3.8, 4) is 0 Å². The van der Waals surface area contributed by atoms with Crippen molar-refractivity contribution in [2.75, 3.05) is 13.2 Å². The van der Waals surface area contributed by atoms with Crippen LogP contribution in [-0.4, -0.2) is 25.0 Å². The lowest BCUT2D eigenvalue weighted by Crippen LogP contribution is -2.27. The first-order valence-corrected chi connectivity index (χ1v) is 8.12. The number of esters is 1. The Bertz CT molecular complexity index is 576. The molecular weight excluding hydrogens is 290 g/mol. The lowest BCUT2D eigenvalue weighted by atomic mass is 10.0. The lowest BCUT2D eigenvalue weighted by Gasteiger charge is -2.10. The van der Waals surface area contributed by atoms with Crippen molar-refractivity contribution < 1.29 is 14.3 Å². The summed E-state index contributed by atoms with van der Waals surface area (Å²) in [5.41, 5.74) is 1.70. The molecule has 1 heterocycles. The van der Waals surface area contributed by atoms with E-state index in [0.29, 0.717) is 25.1 Å². The van der Waals surface area contributed by atoms with Gasteiger partial charge in [0, 0.05) is 24.6 Å².